The first-order chi connectivity index (χ1) is 10.2. The molecule has 5 nitrogen and oxygen atoms in total. The summed E-state index contributed by atoms with van der Waals surface area (Å²) in [6.07, 6.45) is 0. The lowest BCUT2D eigenvalue weighted by Gasteiger charge is -2.12. The molecule has 22 heavy (non-hydrogen) atoms. The van der Waals surface area contributed by atoms with E-state index >= 15 is 0 Å². The van der Waals surface area contributed by atoms with Crippen molar-refractivity contribution in [1.29, 1.82) is 0 Å². The molecule has 0 aliphatic rings. The third kappa shape index (κ3) is 9.09. The fourth-order valence-corrected chi connectivity index (χ4v) is 1.95. The van der Waals surface area contributed by atoms with Crippen molar-refractivity contribution in [2.45, 2.75) is 20.8 Å². The number of halogens is 1. The predicted molar refractivity (Wildman–Crippen MR) is 103 cm³/mol. The van der Waals surface area contributed by atoms with Crippen molar-refractivity contribution >= 4 is 29.9 Å². The summed E-state index contributed by atoms with van der Waals surface area (Å²) in [5.74, 6) is 1.70. The van der Waals surface area contributed by atoms with E-state index in [1.807, 2.05) is 19.1 Å². The summed E-state index contributed by atoms with van der Waals surface area (Å²) in [4.78, 5) is 4.39. The smallest absolute Gasteiger partial charge is 0.191 e. The van der Waals surface area contributed by atoms with Crippen molar-refractivity contribution in [3.63, 3.8) is 0 Å². The quantitative estimate of drug-likeness (QED) is 0.293. The molecule has 0 amide bonds. The number of nitrogens with zero attached hydrogens (tertiary/aromatic N) is 1. The van der Waals surface area contributed by atoms with Gasteiger partial charge in [0.05, 0.1) is 19.7 Å². The molecule has 1 aromatic rings. The minimum Gasteiger partial charge on any atom is -0.492 e. The summed E-state index contributed by atoms with van der Waals surface area (Å²) in [5, 5.41) is 6.42. The van der Waals surface area contributed by atoms with Crippen molar-refractivity contribution in [3.05, 3.63) is 29.3 Å². The van der Waals surface area contributed by atoms with Gasteiger partial charge in [-0.1, -0.05) is 6.07 Å². The average molecular weight is 421 g/mol. The van der Waals surface area contributed by atoms with Gasteiger partial charge in [0.15, 0.2) is 5.96 Å². The van der Waals surface area contributed by atoms with Crippen LogP contribution in [0.15, 0.2) is 23.2 Å². The molecule has 0 saturated heterocycles. The predicted octanol–water partition coefficient (Wildman–Crippen LogP) is 2.50. The molecule has 0 heterocycles. The number of rotatable bonds is 8. The van der Waals surface area contributed by atoms with Crippen LogP contribution < -0.4 is 15.4 Å². The largest absolute Gasteiger partial charge is 0.492 e. The van der Waals surface area contributed by atoms with Gasteiger partial charge in [0.1, 0.15) is 12.4 Å². The number of methoxy groups -OCH3 is 1. The van der Waals surface area contributed by atoms with Crippen LogP contribution in [0.3, 0.4) is 0 Å². The van der Waals surface area contributed by atoms with Crippen LogP contribution in [0.1, 0.15) is 18.1 Å². The monoisotopic (exact) mass is 421 g/mol. The summed E-state index contributed by atoms with van der Waals surface area (Å²) < 4.78 is 10.7. The van der Waals surface area contributed by atoms with Gasteiger partial charge < -0.3 is 20.1 Å². The number of nitrogens with one attached hydrogen (secondary N) is 2. The molecule has 0 unspecified atom stereocenters. The lowest BCUT2D eigenvalue weighted by Crippen LogP contribution is -2.39. The summed E-state index contributed by atoms with van der Waals surface area (Å²) >= 11 is 0. The van der Waals surface area contributed by atoms with Gasteiger partial charge in [-0.2, -0.15) is 0 Å². The lowest BCUT2D eigenvalue weighted by molar-refractivity contribution is 0.208. The highest BCUT2D eigenvalue weighted by Crippen LogP contribution is 2.15. The maximum Gasteiger partial charge on any atom is 0.191 e. The van der Waals surface area contributed by atoms with E-state index in [4.69, 9.17) is 9.47 Å². The average Bonchev–Trinajstić information content (AvgIpc) is 2.42. The number of hydrogen-bond donors (Lipinski definition) is 2. The zero-order valence-corrected chi connectivity index (χ0v) is 16.3. The van der Waals surface area contributed by atoms with E-state index in [1.54, 1.807) is 7.11 Å². The van der Waals surface area contributed by atoms with Crippen LogP contribution in [-0.4, -0.2) is 45.9 Å². The van der Waals surface area contributed by atoms with Gasteiger partial charge in [-0.05, 0) is 44.0 Å². The normalized spacial score (nSPS) is 10.8. The minimum atomic E-state index is 0. The van der Waals surface area contributed by atoms with Crippen molar-refractivity contribution in [3.8, 4) is 5.75 Å². The van der Waals surface area contributed by atoms with E-state index < -0.39 is 0 Å². The van der Waals surface area contributed by atoms with Crippen LogP contribution in [-0.2, 0) is 4.74 Å². The van der Waals surface area contributed by atoms with E-state index in [9.17, 15) is 0 Å². The number of guanidine groups is 1. The molecule has 0 aliphatic carbocycles. The molecule has 1 rings (SSSR count). The Balaban J connectivity index is 0.00000441. The summed E-state index contributed by atoms with van der Waals surface area (Å²) in [5.41, 5.74) is 2.43. The van der Waals surface area contributed by atoms with Gasteiger partial charge in [-0.3, -0.25) is 4.99 Å². The lowest BCUT2D eigenvalue weighted by atomic mass is 10.1. The number of aryl methyl sites for hydroxylation is 2. The van der Waals surface area contributed by atoms with Gasteiger partial charge in [0.25, 0.3) is 0 Å². The number of benzene rings is 1. The maximum absolute atomic E-state index is 5.75. The first-order valence-electron chi connectivity index (χ1n) is 7.38. The Bertz CT molecular complexity index is 433. The van der Waals surface area contributed by atoms with Crippen molar-refractivity contribution < 1.29 is 9.47 Å². The van der Waals surface area contributed by atoms with Gasteiger partial charge in [-0.25, -0.2) is 0 Å². The van der Waals surface area contributed by atoms with E-state index in [0.717, 1.165) is 18.3 Å². The van der Waals surface area contributed by atoms with Crippen LogP contribution in [0.5, 0.6) is 5.75 Å². The molecule has 0 fully saturated rings. The summed E-state index contributed by atoms with van der Waals surface area (Å²) in [6.45, 7) is 9.58. The van der Waals surface area contributed by atoms with Crippen molar-refractivity contribution in [2.75, 3.05) is 40.0 Å². The second kappa shape index (κ2) is 12.5. The molecule has 1 aromatic carbocycles. The van der Waals surface area contributed by atoms with Gasteiger partial charge >= 0.3 is 0 Å². The zero-order valence-electron chi connectivity index (χ0n) is 13.9. The molecular weight excluding hydrogens is 393 g/mol. The summed E-state index contributed by atoms with van der Waals surface area (Å²) in [7, 11) is 1.67. The molecule has 0 atom stereocenters. The third-order valence-electron chi connectivity index (χ3n) is 2.77. The number of ether oxygens (including phenoxy) is 2. The molecule has 0 radical (unpaired) electrons. The minimum absolute atomic E-state index is 0. The molecule has 0 aromatic heterocycles. The van der Waals surface area contributed by atoms with Gasteiger partial charge in [-0.15, -0.1) is 24.0 Å². The number of hydrogen-bond acceptors (Lipinski definition) is 3. The highest BCUT2D eigenvalue weighted by Gasteiger charge is 1.99. The van der Waals surface area contributed by atoms with Crippen LogP contribution >= 0.6 is 24.0 Å². The fraction of sp³-hybridized carbons (Fsp3) is 0.562. The Morgan fingerprint density at radius 1 is 1.09 bits per heavy atom. The third-order valence-corrected chi connectivity index (χ3v) is 2.77. The molecule has 2 N–H and O–H groups in total. The molecule has 0 aliphatic heterocycles. The van der Waals surface area contributed by atoms with Gasteiger partial charge in [0.2, 0.25) is 0 Å². The van der Waals surface area contributed by atoms with E-state index in [0.29, 0.717) is 26.3 Å². The van der Waals surface area contributed by atoms with E-state index in [2.05, 4.69) is 35.5 Å². The second-order valence-electron chi connectivity index (χ2n) is 4.85. The van der Waals surface area contributed by atoms with Crippen molar-refractivity contribution in [2.24, 2.45) is 4.99 Å². The number of aliphatic imine (C=N–C) groups is 1. The first kappa shape index (κ1) is 21.0. The maximum atomic E-state index is 5.75. The van der Waals surface area contributed by atoms with Crippen LogP contribution in [0.2, 0.25) is 0 Å². The second-order valence-corrected chi connectivity index (χ2v) is 4.85. The SMILES string of the molecule is CCNC(=NCCOC)NCCOc1cc(C)cc(C)c1.I. The highest BCUT2D eigenvalue weighted by molar-refractivity contribution is 14.0. The molecular formula is C16H28IN3O2. The van der Waals surface area contributed by atoms with Gasteiger partial charge in [0, 0.05) is 13.7 Å². The molecule has 0 saturated carbocycles. The fourth-order valence-electron chi connectivity index (χ4n) is 1.95. The zero-order chi connectivity index (χ0) is 15.5. The van der Waals surface area contributed by atoms with E-state index in [1.165, 1.54) is 11.1 Å². The van der Waals surface area contributed by atoms with Crippen LogP contribution in [0, 0.1) is 13.8 Å². The standard InChI is InChI=1S/C16H27N3O2.HI/c1-5-17-16(18-6-8-20-4)19-7-9-21-15-11-13(2)10-14(3)12-15;/h10-12H,5-9H2,1-4H3,(H2,17,18,19);1H. The molecule has 0 bridgehead atoms. The van der Waals surface area contributed by atoms with Crippen molar-refractivity contribution in [1.82, 2.24) is 10.6 Å². The Morgan fingerprint density at radius 2 is 1.77 bits per heavy atom. The van der Waals surface area contributed by atoms with Crippen LogP contribution in [0.25, 0.3) is 0 Å². The molecule has 126 valence electrons. The molecule has 0 spiro atoms. The Labute approximate surface area is 150 Å². The Morgan fingerprint density at radius 3 is 2.36 bits per heavy atom. The topological polar surface area (TPSA) is 54.9 Å². The molecule has 6 heteroatoms. The van der Waals surface area contributed by atoms with E-state index in [-0.39, 0.29) is 24.0 Å². The summed E-state index contributed by atoms with van der Waals surface area (Å²) in [6, 6.07) is 6.23. The Kier molecular flexibility index (Phi) is 11.9. The Hall–Kier alpha value is -1.02. The highest BCUT2D eigenvalue weighted by atomic mass is 127. The first-order valence-corrected chi connectivity index (χ1v) is 7.38. The van der Waals surface area contributed by atoms with Crippen LogP contribution in [0.4, 0.5) is 0 Å².